The summed E-state index contributed by atoms with van der Waals surface area (Å²) >= 11 is 0. The van der Waals surface area contributed by atoms with E-state index in [0.717, 1.165) is 30.8 Å². The molecular formula is C24H31N3O2. The molecule has 2 N–H and O–H groups in total. The molecule has 0 aliphatic carbocycles. The van der Waals surface area contributed by atoms with Gasteiger partial charge in [0.15, 0.2) is 0 Å². The molecule has 29 heavy (non-hydrogen) atoms. The van der Waals surface area contributed by atoms with Gasteiger partial charge in [-0.15, -0.1) is 0 Å². The maximum atomic E-state index is 12.3. The van der Waals surface area contributed by atoms with E-state index in [0.29, 0.717) is 6.54 Å². The highest BCUT2D eigenvalue weighted by atomic mass is 16.2. The minimum atomic E-state index is -0.609. The Hall–Kier alpha value is -2.92. The fourth-order valence-electron chi connectivity index (χ4n) is 2.95. The third-order valence-corrected chi connectivity index (χ3v) is 4.74. The van der Waals surface area contributed by atoms with Crippen LogP contribution < -0.4 is 10.6 Å². The number of amides is 2. The number of carbonyl (C=O) groups is 2. The molecule has 0 aromatic heterocycles. The van der Waals surface area contributed by atoms with Crippen LogP contribution in [0.1, 0.15) is 37.5 Å². The van der Waals surface area contributed by atoms with Crippen LogP contribution in [-0.4, -0.2) is 35.8 Å². The van der Waals surface area contributed by atoms with E-state index < -0.39 is 6.04 Å². The average Bonchev–Trinajstić information content (AvgIpc) is 2.75. The van der Waals surface area contributed by atoms with Crippen molar-refractivity contribution in [1.82, 2.24) is 15.5 Å². The molecule has 0 spiro atoms. The summed E-state index contributed by atoms with van der Waals surface area (Å²) in [6.07, 6.45) is 3.16. The first kappa shape index (κ1) is 22.4. The molecule has 0 radical (unpaired) electrons. The van der Waals surface area contributed by atoms with Gasteiger partial charge in [0.25, 0.3) is 0 Å². The summed E-state index contributed by atoms with van der Waals surface area (Å²) < 4.78 is 0. The van der Waals surface area contributed by atoms with Crippen LogP contribution in [0.2, 0.25) is 0 Å². The van der Waals surface area contributed by atoms with E-state index >= 15 is 0 Å². The van der Waals surface area contributed by atoms with Crippen LogP contribution in [0.15, 0.2) is 60.7 Å². The Morgan fingerprint density at radius 3 is 2.38 bits per heavy atom. The number of hydrogen-bond acceptors (Lipinski definition) is 3. The van der Waals surface area contributed by atoms with Crippen LogP contribution in [0.25, 0.3) is 6.08 Å². The zero-order valence-corrected chi connectivity index (χ0v) is 17.5. The second-order valence-electron chi connectivity index (χ2n) is 6.97. The Morgan fingerprint density at radius 2 is 1.69 bits per heavy atom. The van der Waals surface area contributed by atoms with Gasteiger partial charge in [0.05, 0.1) is 0 Å². The highest BCUT2D eigenvalue weighted by Crippen LogP contribution is 2.08. The van der Waals surface area contributed by atoms with Gasteiger partial charge in [-0.1, -0.05) is 68.4 Å². The van der Waals surface area contributed by atoms with E-state index in [9.17, 15) is 9.59 Å². The molecule has 2 amide bonds. The smallest absolute Gasteiger partial charge is 0.244 e. The highest BCUT2D eigenvalue weighted by molar-refractivity contribution is 5.95. The zero-order valence-electron chi connectivity index (χ0n) is 17.5. The molecule has 2 rings (SSSR count). The molecule has 0 fully saturated rings. The minimum absolute atomic E-state index is 0.208. The van der Waals surface area contributed by atoms with Gasteiger partial charge in [-0.3, -0.25) is 14.5 Å². The monoisotopic (exact) mass is 393 g/mol. The van der Waals surface area contributed by atoms with Crippen LogP contribution in [-0.2, 0) is 22.7 Å². The molecule has 1 unspecified atom stereocenters. The first-order chi connectivity index (χ1) is 14.0. The van der Waals surface area contributed by atoms with Crippen molar-refractivity contribution in [3.05, 3.63) is 77.4 Å². The molecule has 0 saturated heterocycles. The first-order valence-corrected chi connectivity index (χ1v) is 10.1. The number of nitrogens with zero attached hydrogens (tertiary/aromatic N) is 1. The third kappa shape index (κ3) is 7.92. The predicted octanol–water partition coefficient (Wildman–Crippen LogP) is 3.36. The predicted molar refractivity (Wildman–Crippen MR) is 118 cm³/mol. The Balaban J connectivity index is 1.82. The van der Waals surface area contributed by atoms with Gasteiger partial charge in [0.2, 0.25) is 11.8 Å². The van der Waals surface area contributed by atoms with Crippen molar-refractivity contribution in [3.8, 4) is 0 Å². The lowest BCUT2D eigenvalue weighted by Crippen LogP contribution is -2.44. The molecule has 0 aliphatic rings. The SMILES string of the molecule is CCN(CC)Cc1cccc(CNC(=O)C(C)NC(=O)C=Cc2ccccc2)c1. The van der Waals surface area contributed by atoms with E-state index in [1.807, 2.05) is 42.5 Å². The van der Waals surface area contributed by atoms with Gasteiger partial charge in [0.1, 0.15) is 6.04 Å². The van der Waals surface area contributed by atoms with Crippen molar-refractivity contribution < 1.29 is 9.59 Å². The van der Waals surface area contributed by atoms with Crippen LogP contribution in [0.5, 0.6) is 0 Å². The maximum Gasteiger partial charge on any atom is 0.244 e. The summed E-state index contributed by atoms with van der Waals surface area (Å²) in [6.45, 7) is 9.33. The number of benzene rings is 2. The fourth-order valence-corrected chi connectivity index (χ4v) is 2.95. The van der Waals surface area contributed by atoms with E-state index in [1.54, 1.807) is 13.0 Å². The lowest BCUT2D eigenvalue weighted by atomic mass is 10.1. The van der Waals surface area contributed by atoms with Crippen LogP contribution in [0.3, 0.4) is 0 Å². The second-order valence-corrected chi connectivity index (χ2v) is 6.97. The summed E-state index contributed by atoms with van der Waals surface area (Å²) in [4.78, 5) is 26.7. The first-order valence-electron chi connectivity index (χ1n) is 10.1. The van der Waals surface area contributed by atoms with Crippen LogP contribution >= 0.6 is 0 Å². The second kappa shape index (κ2) is 11.8. The van der Waals surface area contributed by atoms with Gasteiger partial charge in [-0.2, -0.15) is 0 Å². The standard InChI is InChI=1S/C24H31N3O2/c1-4-27(5-2)18-22-13-9-12-21(16-22)17-25-24(29)19(3)26-23(28)15-14-20-10-7-6-8-11-20/h6-16,19H,4-5,17-18H2,1-3H3,(H,25,29)(H,26,28). The summed E-state index contributed by atoms with van der Waals surface area (Å²) in [5, 5.41) is 5.59. The average molecular weight is 394 g/mol. The van der Waals surface area contributed by atoms with Crippen molar-refractivity contribution in [2.45, 2.75) is 39.9 Å². The zero-order chi connectivity index (χ0) is 21.1. The number of nitrogens with one attached hydrogen (secondary N) is 2. The van der Waals surface area contributed by atoms with Gasteiger partial charge in [-0.25, -0.2) is 0 Å². The number of rotatable bonds is 10. The van der Waals surface area contributed by atoms with Crippen molar-refractivity contribution >= 4 is 17.9 Å². The van der Waals surface area contributed by atoms with Crippen molar-refractivity contribution in [2.75, 3.05) is 13.1 Å². The molecule has 2 aromatic carbocycles. The highest BCUT2D eigenvalue weighted by Gasteiger charge is 2.14. The van der Waals surface area contributed by atoms with E-state index in [2.05, 4.69) is 41.5 Å². The Morgan fingerprint density at radius 1 is 1.00 bits per heavy atom. The minimum Gasteiger partial charge on any atom is -0.350 e. The molecule has 0 saturated carbocycles. The molecule has 0 heterocycles. The molecule has 0 aliphatic heterocycles. The summed E-state index contributed by atoms with van der Waals surface area (Å²) in [5.41, 5.74) is 3.21. The topological polar surface area (TPSA) is 61.4 Å². The molecule has 2 aromatic rings. The Bertz CT molecular complexity index is 814. The molecule has 1 atom stereocenters. The van der Waals surface area contributed by atoms with E-state index in [-0.39, 0.29) is 11.8 Å². The Kier molecular flexibility index (Phi) is 9.12. The largest absolute Gasteiger partial charge is 0.350 e. The molecular weight excluding hydrogens is 362 g/mol. The molecule has 5 heteroatoms. The summed E-state index contributed by atoms with van der Waals surface area (Å²) in [7, 11) is 0. The lowest BCUT2D eigenvalue weighted by molar-refractivity contribution is -0.126. The third-order valence-electron chi connectivity index (χ3n) is 4.74. The Labute approximate surface area is 173 Å². The maximum absolute atomic E-state index is 12.3. The number of hydrogen-bond donors (Lipinski definition) is 2. The normalized spacial score (nSPS) is 12.1. The van der Waals surface area contributed by atoms with Gasteiger partial charge in [0, 0.05) is 19.2 Å². The van der Waals surface area contributed by atoms with Gasteiger partial charge >= 0.3 is 0 Å². The molecule has 5 nitrogen and oxygen atoms in total. The fraction of sp³-hybridized carbons (Fsp3) is 0.333. The quantitative estimate of drug-likeness (QED) is 0.609. The lowest BCUT2D eigenvalue weighted by Gasteiger charge is -2.18. The van der Waals surface area contributed by atoms with Crippen LogP contribution in [0, 0.1) is 0 Å². The van der Waals surface area contributed by atoms with E-state index in [4.69, 9.17) is 0 Å². The van der Waals surface area contributed by atoms with Crippen molar-refractivity contribution in [2.24, 2.45) is 0 Å². The summed E-state index contributed by atoms with van der Waals surface area (Å²) in [5.74, 6) is -0.502. The number of carbonyl (C=O) groups excluding carboxylic acids is 2. The van der Waals surface area contributed by atoms with Crippen molar-refractivity contribution in [3.63, 3.8) is 0 Å². The van der Waals surface area contributed by atoms with Gasteiger partial charge in [-0.05, 0) is 42.8 Å². The summed E-state index contributed by atoms with van der Waals surface area (Å²) in [6, 6.07) is 17.2. The molecule has 154 valence electrons. The molecule has 0 bridgehead atoms. The van der Waals surface area contributed by atoms with Crippen molar-refractivity contribution in [1.29, 1.82) is 0 Å². The van der Waals surface area contributed by atoms with E-state index in [1.165, 1.54) is 11.6 Å². The van der Waals surface area contributed by atoms with Crippen LogP contribution in [0.4, 0.5) is 0 Å². The van der Waals surface area contributed by atoms with Gasteiger partial charge < -0.3 is 10.6 Å².